The number of nitrogens with zero attached hydrogens (tertiary/aromatic N) is 2. The van der Waals surface area contributed by atoms with E-state index >= 15 is 0 Å². The number of hydrogen-bond donors (Lipinski definition) is 1. The first-order valence-electron chi connectivity index (χ1n) is 6.30. The van der Waals surface area contributed by atoms with E-state index < -0.39 is 4.92 Å². The zero-order chi connectivity index (χ0) is 14.0. The summed E-state index contributed by atoms with van der Waals surface area (Å²) in [5, 5.41) is 10.7. The molecular formula is C13H17N3O3. The van der Waals surface area contributed by atoms with Crippen LogP contribution in [0.4, 0.5) is 5.69 Å². The largest absolute Gasteiger partial charge is 0.334 e. The van der Waals surface area contributed by atoms with E-state index in [9.17, 15) is 14.9 Å². The first kappa shape index (κ1) is 13.5. The zero-order valence-electron chi connectivity index (χ0n) is 10.8. The summed E-state index contributed by atoms with van der Waals surface area (Å²) in [5.74, 6) is -0.0830. The monoisotopic (exact) mass is 263 g/mol. The molecular weight excluding hydrogens is 246 g/mol. The van der Waals surface area contributed by atoms with Crippen LogP contribution in [0.5, 0.6) is 0 Å². The summed E-state index contributed by atoms with van der Waals surface area (Å²) in [5.41, 5.74) is 6.81. The maximum atomic E-state index is 12.4. The molecule has 1 heterocycles. The highest BCUT2D eigenvalue weighted by Crippen LogP contribution is 2.23. The van der Waals surface area contributed by atoms with Crippen LogP contribution in [0, 0.1) is 17.0 Å². The highest BCUT2D eigenvalue weighted by molar-refractivity contribution is 5.96. The van der Waals surface area contributed by atoms with Gasteiger partial charge in [-0.25, -0.2) is 0 Å². The molecule has 0 spiro atoms. The molecule has 6 nitrogen and oxygen atoms in total. The van der Waals surface area contributed by atoms with E-state index in [0.29, 0.717) is 24.2 Å². The second kappa shape index (κ2) is 5.36. The Morgan fingerprint density at radius 3 is 2.89 bits per heavy atom. The zero-order valence-corrected chi connectivity index (χ0v) is 10.8. The summed E-state index contributed by atoms with van der Waals surface area (Å²) in [6.45, 7) is 2.88. The quantitative estimate of drug-likeness (QED) is 0.660. The number of carbonyl (C=O) groups is 1. The van der Waals surface area contributed by atoms with Crippen LogP contribution in [-0.4, -0.2) is 34.9 Å². The molecule has 0 aromatic heterocycles. The predicted molar refractivity (Wildman–Crippen MR) is 70.9 cm³/mol. The van der Waals surface area contributed by atoms with E-state index in [4.69, 9.17) is 5.73 Å². The number of benzene rings is 1. The lowest BCUT2D eigenvalue weighted by molar-refractivity contribution is -0.384. The lowest BCUT2D eigenvalue weighted by Crippen LogP contribution is -2.40. The normalized spacial score (nSPS) is 18.6. The van der Waals surface area contributed by atoms with E-state index in [1.807, 2.05) is 0 Å². The predicted octanol–water partition coefficient (Wildman–Crippen LogP) is 1.47. The Kier molecular flexibility index (Phi) is 3.80. The molecule has 1 aliphatic heterocycles. The molecule has 0 saturated carbocycles. The Bertz CT molecular complexity index is 516. The van der Waals surface area contributed by atoms with Crippen LogP contribution in [0.1, 0.15) is 28.8 Å². The molecule has 0 aliphatic carbocycles. The number of nitro groups is 1. The topological polar surface area (TPSA) is 89.5 Å². The number of hydrogen-bond acceptors (Lipinski definition) is 4. The van der Waals surface area contributed by atoms with Gasteiger partial charge >= 0.3 is 0 Å². The van der Waals surface area contributed by atoms with Crippen molar-refractivity contribution < 1.29 is 9.72 Å². The molecule has 0 radical (unpaired) electrons. The molecule has 2 rings (SSSR count). The van der Waals surface area contributed by atoms with Gasteiger partial charge in [-0.3, -0.25) is 14.9 Å². The standard InChI is InChI=1S/C13H17N3O3/c1-9-7-10(16(18)19)4-5-12(9)13(17)15-6-2-3-11(15)8-14/h4-5,7,11H,2-3,6,8,14H2,1H3. The van der Waals surface area contributed by atoms with E-state index in [1.54, 1.807) is 11.8 Å². The minimum atomic E-state index is -0.459. The number of aryl methyl sites for hydroxylation is 1. The lowest BCUT2D eigenvalue weighted by atomic mass is 10.1. The molecule has 1 fully saturated rings. The summed E-state index contributed by atoms with van der Waals surface area (Å²) in [4.78, 5) is 24.4. The van der Waals surface area contributed by atoms with Crippen molar-refractivity contribution in [2.75, 3.05) is 13.1 Å². The Labute approximate surface area is 111 Å². The molecule has 2 N–H and O–H groups in total. The van der Waals surface area contributed by atoms with Crippen LogP contribution in [0.3, 0.4) is 0 Å². The summed E-state index contributed by atoms with van der Waals surface area (Å²) in [7, 11) is 0. The first-order chi connectivity index (χ1) is 9.04. The smallest absolute Gasteiger partial charge is 0.269 e. The highest BCUT2D eigenvalue weighted by atomic mass is 16.6. The Morgan fingerprint density at radius 2 is 2.32 bits per heavy atom. The van der Waals surface area contributed by atoms with Crippen LogP contribution < -0.4 is 5.73 Å². The highest BCUT2D eigenvalue weighted by Gasteiger charge is 2.29. The third-order valence-electron chi connectivity index (χ3n) is 3.56. The summed E-state index contributed by atoms with van der Waals surface area (Å²) >= 11 is 0. The van der Waals surface area contributed by atoms with Gasteiger partial charge in [0.2, 0.25) is 0 Å². The fourth-order valence-corrected chi connectivity index (χ4v) is 2.50. The second-order valence-electron chi connectivity index (χ2n) is 4.79. The van der Waals surface area contributed by atoms with E-state index in [-0.39, 0.29) is 17.6 Å². The van der Waals surface area contributed by atoms with Crippen LogP contribution >= 0.6 is 0 Å². The summed E-state index contributed by atoms with van der Waals surface area (Å²) in [6.07, 6.45) is 1.88. The van der Waals surface area contributed by atoms with Crippen LogP contribution in [0.2, 0.25) is 0 Å². The number of likely N-dealkylation sites (tertiary alicyclic amines) is 1. The molecule has 1 atom stereocenters. The van der Waals surface area contributed by atoms with Crippen LogP contribution in [0.25, 0.3) is 0 Å². The van der Waals surface area contributed by atoms with Crippen LogP contribution in [0.15, 0.2) is 18.2 Å². The Hall–Kier alpha value is -1.95. The minimum Gasteiger partial charge on any atom is -0.334 e. The van der Waals surface area contributed by atoms with Crippen molar-refractivity contribution in [1.82, 2.24) is 4.90 Å². The van der Waals surface area contributed by atoms with Crippen molar-refractivity contribution >= 4 is 11.6 Å². The lowest BCUT2D eigenvalue weighted by Gasteiger charge is -2.24. The molecule has 19 heavy (non-hydrogen) atoms. The summed E-state index contributed by atoms with van der Waals surface area (Å²) in [6, 6.07) is 4.41. The van der Waals surface area contributed by atoms with Crippen molar-refractivity contribution in [3.05, 3.63) is 39.4 Å². The third-order valence-corrected chi connectivity index (χ3v) is 3.56. The van der Waals surface area contributed by atoms with Gasteiger partial charge in [-0.05, 0) is 31.4 Å². The van der Waals surface area contributed by atoms with Gasteiger partial charge < -0.3 is 10.6 Å². The van der Waals surface area contributed by atoms with Gasteiger partial charge in [0, 0.05) is 36.8 Å². The molecule has 1 amide bonds. The Morgan fingerprint density at radius 1 is 1.58 bits per heavy atom. The molecule has 1 unspecified atom stereocenters. The second-order valence-corrected chi connectivity index (χ2v) is 4.79. The maximum Gasteiger partial charge on any atom is 0.269 e. The van der Waals surface area contributed by atoms with E-state index in [2.05, 4.69) is 0 Å². The molecule has 102 valence electrons. The number of amides is 1. The average Bonchev–Trinajstić information content (AvgIpc) is 2.85. The van der Waals surface area contributed by atoms with Crippen molar-refractivity contribution in [2.24, 2.45) is 5.73 Å². The molecule has 1 aromatic rings. The third kappa shape index (κ3) is 2.58. The van der Waals surface area contributed by atoms with E-state index in [1.165, 1.54) is 18.2 Å². The van der Waals surface area contributed by atoms with Gasteiger partial charge in [-0.1, -0.05) is 0 Å². The summed E-state index contributed by atoms with van der Waals surface area (Å²) < 4.78 is 0. The van der Waals surface area contributed by atoms with Gasteiger partial charge in [0.05, 0.1) is 4.92 Å². The van der Waals surface area contributed by atoms with E-state index in [0.717, 1.165) is 12.8 Å². The SMILES string of the molecule is Cc1cc([N+](=O)[O-])ccc1C(=O)N1CCCC1CN. The molecule has 1 saturated heterocycles. The van der Waals surface area contributed by atoms with Crippen molar-refractivity contribution in [3.63, 3.8) is 0 Å². The number of carbonyl (C=O) groups excluding carboxylic acids is 1. The number of nitro benzene ring substituents is 1. The average molecular weight is 263 g/mol. The Balaban J connectivity index is 2.26. The molecule has 1 aromatic carbocycles. The molecule has 1 aliphatic rings. The number of rotatable bonds is 3. The fraction of sp³-hybridized carbons (Fsp3) is 0.462. The van der Waals surface area contributed by atoms with Gasteiger partial charge in [0.1, 0.15) is 0 Å². The minimum absolute atomic E-state index is 0.00541. The number of non-ortho nitro benzene ring substituents is 1. The van der Waals surface area contributed by atoms with Crippen LogP contribution in [-0.2, 0) is 0 Å². The fourth-order valence-electron chi connectivity index (χ4n) is 2.50. The maximum absolute atomic E-state index is 12.4. The van der Waals surface area contributed by atoms with Crippen molar-refractivity contribution in [2.45, 2.75) is 25.8 Å². The number of nitrogens with two attached hydrogens (primary N) is 1. The van der Waals surface area contributed by atoms with Gasteiger partial charge in [-0.15, -0.1) is 0 Å². The van der Waals surface area contributed by atoms with Crippen molar-refractivity contribution in [1.29, 1.82) is 0 Å². The van der Waals surface area contributed by atoms with Gasteiger partial charge in [0.15, 0.2) is 0 Å². The first-order valence-corrected chi connectivity index (χ1v) is 6.30. The van der Waals surface area contributed by atoms with Gasteiger partial charge in [0.25, 0.3) is 11.6 Å². The molecule has 0 bridgehead atoms. The van der Waals surface area contributed by atoms with Crippen molar-refractivity contribution in [3.8, 4) is 0 Å². The van der Waals surface area contributed by atoms with Gasteiger partial charge in [-0.2, -0.15) is 0 Å². The molecule has 6 heteroatoms.